The Hall–Kier alpha value is -1.93. The summed E-state index contributed by atoms with van der Waals surface area (Å²) in [4.78, 5) is 23.6. The van der Waals surface area contributed by atoms with E-state index in [1.54, 1.807) is 13.8 Å². The maximum absolute atomic E-state index is 12.9. The molecule has 3 atom stereocenters. The van der Waals surface area contributed by atoms with Crippen LogP contribution in [0.15, 0.2) is 29.2 Å². The highest BCUT2D eigenvalue weighted by atomic mass is 32.2. The fraction of sp³-hybridized carbons (Fsp3) is 0.579. The fourth-order valence-electron chi connectivity index (χ4n) is 3.47. The van der Waals surface area contributed by atoms with Crippen LogP contribution in [0.1, 0.15) is 44.5 Å². The molecule has 0 aromatic heterocycles. The zero-order chi connectivity index (χ0) is 20.4. The van der Waals surface area contributed by atoms with Crippen molar-refractivity contribution in [3.8, 4) is 0 Å². The Morgan fingerprint density at radius 3 is 2.07 bits per heavy atom. The summed E-state index contributed by atoms with van der Waals surface area (Å²) in [6.45, 7) is 8.47. The van der Waals surface area contributed by atoms with Crippen LogP contribution in [-0.4, -0.2) is 48.8 Å². The molecule has 1 aliphatic heterocycles. The van der Waals surface area contributed by atoms with Gasteiger partial charge in [-0.25, -0.2) is 13.2 Å². The second-order valence-corrected chi connectivity index (χ2v) is 9.76. The monoisotopic (exact) mass is 396 g/mol. The largest absolute Gasteiger partial charge is 0.480 e. The third kappa shape index (κ3) is 5.07. The molecule has 0 aliphatic carbocycles. The summed E-state index contributed by atoms with van der Waals surface area (Å²) in [6.07, 6.45) is 1.01. The summed E-state index contributed by atoms with van der Waals surface area (Å²) < 4.78 is 27.2. The third-order valence-electron chi connectivity index (χ3n) is 4.81. The van der Waals surface area contributed by atoms with E-state index in [4.69, 9.17) is 0 Å². The number of aliphatic carboxylic acids is 1. The van der Waals surface area contributed by atoms with E-state index in [1.807, 2.05) is 13.8 Å². The lowest BCUT2D eigenvalue weighted by Crippen LogP contribution is -2.44. The van der Waals surface area contributed by atoms with Gasteiger partial charge in [-0.1, -0.05) is 27.7 Å². The smallest absolute Gasteiger partial charge is 0.326 e. The Labute approximate surface area is 160 Å². The number of rotatable bonds is 6. The number of hydrogen-bond donors (Lipinski definition) is 2. The summed E-state index contributed by atoms with van der Waals surface area (Å²) in [5.41, 5.74) is 0.223. The second-order valence-electron chi connectivity index (χ2n) is 7.83. The van der Waals surface area contributed by atoms with Crippen molar-refractivity contribution in [2.24, 2.45) is 17.8 Å². The molecule has 27 heavy (non-hydrogen) atoms. The lowest BCUT2D eigenvalue weighted by Gasteiger charge is -2.34. The standard InChI is InChI=1S/C19H28N2O5S/c1-12(2)17(19(23)24)20-18(22)15-5-7-16(8-6-15)27(25,26)21-10-13(3)9-14(4)11-21/h5-8,12-14,17H,9-11H2,1-4H3,(H,20,22)(H,23,24)/t13?,14?,17-/m0/s1. The zero-order valence-electron chi connectivity index (χ0n) is 16.2. The minimum Gasteiger partial charge on any atom is -0.480 e. The van der Waals surface area contributed by atoms with Crippen molar-refractivity contribution >= 4 is 21.9 Å². The minimum atomic E-state index is -3.61. The van der Waals surface area contributed by atoms with E-state index in [0.29, 0.717) is 24.9 Å². The van der Waals surface area contributed by atoms with Gasteiger partial charge >= 0.3 is 5.97 Å². The number of nitrogens with zero attached hydrogens (tertiary/aromatic N) is 1. The Kier molecular flexibility index (Phi) is 6.64. The third-order valence-corrected chi connectivity index (χ3v) is 6.65. The number of carbonyl (C=O) groups is 2. The van der Waals surface area contributed by atoms with E-state index in [0.717, 1.165) is 6.42 Å². The molecule has 1 heterocycles. The number of carbonyl (C=O) groups excluding carboxylic acids is 1. The van der Waals surface area contributed by atoms with Crippen LogP contribution in [0, 0.1) is 17.8 Å². The van der Waals surface area contributed by atoms with Crippen molar-refractivity contribution in [1.29, 1.82) is 0 Å². The molecule has 2 N–H and O–H groups in total. The first-order valence-corrected chi connectivity index (χ1v) is 10.6. The van der Waals surface area contributed by atoms with Crippen LogP contribution < -0.4 is 5.32 Å². The highest BCUT2D eigenvalue weighted by Crippen LogP contribution is 2.26. The van der Waals surface area contributed by atoms with Crippen LogP contribution in [0.3, 0.4) is 0 Å². The van der Waals surface area contributed by atoms with E-state index in [2.05, 4.69) is 5.32 Å². The number of sulfonamides is 1. The lowest BCUT2D eigenvalue weighted by atomic mass is 9.94. The zero-order valence-corrected chi connectivity index (χ0v) is 17.0. The van der Waals surface area contributed by atoms with Crippen LogP contribution >= 0.6 is 0 Å². The van der Waals surface area contributed by atoms with Gasteiger partial charge in [0.15, 0.2) is 0 Å². The van der Waals surface area contributed by atoms with E-state index in [-0.39, 0.29) is 16.4 Å². The highest BCUT2D eigenvalue weighted by Gasteiger charge is 2.32. The predicted octanol–water partition coefficient (Wildman–Crippen LogP) is 2.19. The van der Waals surface area contributed by atoms with Gasteiger partial charge in [-0.3, -0.25) is 4.79 Å². The molecule has 1 fully saturated rings. The molecule has 150 valence electrons. The van der Waals surface area contributed by atoms with Gasteiger partial charge in [-0.2, -0.15) is 4.31 Å². The number of carboxylic acid groups (broad SMARTS) is 1. The molecule has 8 heteroatoms. The molecule has 0 radical (unpaired) electrons. The van der Waals surface area contributed by atoms with Crippen LogP contribution in [0.25, 0.3) is 0 Å². The van der Waals surface area contributed by atoms with Crippen LogP contribution in [0.2, 0.25) is 0 Å². The molecular formula is C19H28N2O5S. The minimum absolute atomic E-state index is 0.138. The molecule has 1 aromatic rings. The SMILES string of the molecule is CC1CC(C)CN(S(=O)(=O)c2ccc(C(=O)N[C@H](C(=O)O)C(C)C)cc2)C1. The van der Waals surface area contributed by atoms with E-state index in [9.17, 15) is 23.1 Å². The average molecular weight is 397 g/mol. The molecule has 0 bridgehead atoms. The van der Waals surface area contributed by atoms with Gasteiger partial charge in [0.1, 0.15) is 6.04 Å². The molecule has 2 rings (SSSR count). The van der Waals surface area contributed by atoms with Crippen molar-refractivity contribution in [3.05, 3.63) is 29.8 Å². The first-order valence-electron chi connectivity index (χ1n) is 9.16. The topological polar surface area (TPSA) is 104 Å². The molecule has 1 aliphatic rings. The Bertz CT molecular complexity index is 779. The first-order chi connectivity index (χ1) is 12.5. The van der Waals surface area contributed by atoms with Crippen molar-refractivity contribution in [2.45, 2.75) is 45.1 Å². The van der Waals surface area contributed by atoms with Crippen molar-refractivity contribution in [3.63, 3.8) is 0 Å². The summed E-state index contributed by atoms with van der Waals surface area (Å²) >= 11 is 0. The van der Waals surface area contributed by atoms with Gasteiger partial charge in [0, 0.05) is 18.7 Å². The summed E-state index contributed by atoms with van der Waals surface area (Å²) in [6, 6.07) is 4.63. The number of piperidine rings is 1. The summed E-state index contributed by atoms with van der Waals surface area (Å²) in [7, 11) is -3.61. The van der Waals surface area contributed by atoms with E-state index in [1.165, 1.54) is 28.6 Å². The van der Waals surface area contributed by atoms with Crippen LogP contribution in [0.5, 0.6) is 0 Å². The number of amides is 1. The van der Waals surface area contributed by atoms with Gasteiger partial charge in [-0.15, -0.1) is 0 Å². The van der Waals surface area contributed by atoms with Crippen LogP contribution in [0.4, 0.5) is 0 Å². The van der Waals surface area contributed by atoms with Crippen LogP contribution in [-0.2, 0) is 14.8 Å². The van der Waals surface area contributed by atoms with E-state index >= 15 is 0 Å². The molecule has 1 amide bonds. The second kappa shape index (κ2) is 8.39. The Balaban J connectivity index is 2.16. The molecule has 1 aromatic carbocycles. The number of hydrogen-bond acceptors (Lipinski definition) is 4. The normalized spacial score (nSPS) is 22.4. The number of benzene rings is 1. The van der Waals surface area contributed by atoms with Gasteiger partial charge in [0.05, 0.1) is 4.90 Å². The molecular weight excluding hydrogens is 368 g/mol. The lowest BCUT2D eigenvalue weighted by molar-refractivity contribution is -0.140. The predicted molar refractivity (Wildman–Crippen MR) is 102 cm³/mol. The molecule has 7 nitrogen and oxygen atoms in total. The first kappa shape index (κ1) is 21.4. The van der Waals surface area contributed by atoms with Gasteiger partial charge in [0.2, 0.25) is 10.0 Å². The van der Waals surface area contributed by atoms with Crippen molar-refractivity contribution in [1.82, 2.24) is 9.62 Å². The van der Waals surface area contributed by atoms with Crippen molar-refractivity contribution < 1.29 is 23.1 Å². The van der Waals surface area contributed by atoms with Crippen molar-refractivity contribution in [2.75, 3.05) is 13.1 Å². The van der Waals surface area contributed by atoms with Gasteiger partial charge in [-0.05, 0) is 48.4 Å². The Morgan fingerprint density at radius 2 is 1.63 bits per heavy atom. The summed E-state index contributed by atoms with van der Waals surface area (Å²) in [5, 5.41) is 11.6. The van der Waals surface area contributed by atoms with Gasteiger partial charge < -0.3 is 10.4 Å². The molecule has 2 unspecified atom stereocenters. The quantitative estimate of drug-likeness (QED) is 0.767. The summed E-state index contributed by atoms with van der Waals surface area (Å²) in [5.74, 6) is -1.31. The maximum Gasteiger partial charge on any atom is 0.326 e. The maximum atomic E-state index is 12.9. The average Bonchev–Trinajstić information content (AvgIpc) is 2.58. The van der Waals surface area contributed by atoms with Gasteiger partial charge in [0.25, 0.3) is 5.91 Å². The molecule has 1 saturated heterocycles. The molecule has 0 spiro atoms. The number of carboxylic acids is 1. The molecule has 0 saturated carbocycles. The fourth-order valence-corrected chi connectivity index (χ4v) is 5.15. The highest BCUT2D eigenvalue weighted by molar-refractivity contribution is 7.89. The Morgan fingerprint density at radius 1 is 1.11 bits per heavy atom. The number of nitrogens with one attached hydrogen (secondary N) is 1. The van der Waals surface area contributed by atoms with E-state index < -0.39 is 27.9 Å².